The van der Waals surface area contributed by atoms with E-state index in [1.54, 1.807) is 42.5 Å². The van der Waals surface area contributed by atoms with Crippen molar-refractivity contribution in [1.82, 2.24) is 0 Å². The number of nitrogens with one attached hydrogen (secondary N) is 1. The molecule has 3 aromatic carbocycles. The molecule has 0 bridgehead atoms. The Morgan fingerprint density at radius 2 is 1.61 bits per heavy atom. The molecule has 0 fully saturated rings. The summed E-state index contributed by atoms with van der Waals surface area (Å²) in [6, 6.07) is 17.4. The van der Waals surface area contributed by atoms with Crippen molar-refractivity contribution in [3.05, 3.63) is 82.9 Å². The van der Waals surface area contributed by atoms with Crippen LogP contribution in [-0.4, -0.2) is 24.6 Å². The van der Waals surface area contributed by atoms with Gasteiger partial charge in [-0.2, -0.15) is 0 Å². The zero-order valence-corrected chi connectivity index (χ0v) is 15.4. The van der Waals surface area contributed by atoms with Gasteiger partial charge in [0.25, 0.3) is 5.91 Å². The van der Waals surface area contributed by atoms with Crippen LogP contribution in [0.5, 0.6) is 5.75 Å². The lowest BCUT2D eigenvalue weighted by Crippen LogP contribution is -2.16. The number of methoxy groups -OCH3 is 1. The number of anilines is 1. The third-order valence-electron chi connectivity index (χ3n) is 4.85. The average molecular weight is 371 g/mol. The Hall–Kier alpha value is -3.73. The fourth-order valence-electron chi connectivity index (χ4n) is 3.48. The molecule has 0 saturated carbocycles. The first-order valence-corrected chi connectivity index (χ1v) is 8.78. The molecule has 138 valence electrons. The molecule has 0 saturated heterocycles. The molecule has 0 heterocycles. The maximum Gasteiger partial charge on any atom is 0.256 e. The van der Waals surface area contributed by atoms with Crippen molar-refractivity contribution in [2.24, 2.45) is 0 Å². The Labute approximate surface area is 162 Å². The molecule has 0 unspecified atom stereocenters. The van der Waals surface area contributed by atoms with Crippen LogP contribution in [0.4, 0.5) is 5.69 Å². The maximum atomic E-state index is 13.0. The van der Waals surface area contributed by atoms with E-state index in [9.17, 15) is 14.4 Å². The van der Waals surface area contributed by atoms with E-state index in [4.69, 9.17) is 4.74 Å². The summed E-state index contributed by atoms with van der Waals surface area (Å²) in [5, 5.41) is 2.78. The van der Waals surface area contributed by atoms with Gasteiger partial charge in [0.1, 0.15) is 5.75 Å². The quantitative estimate of drug-likeness (QED) is 0.541. The third kappa shape index (κ3) is 2.77. The van der Waals surface area contributed by atoms with E-state index >= 15 is 0 Å². The summed E-state index contributed by atoms with van der Waals surface area (Å²) in [4.78, 5) is 37.6. The Bertz CT molecular complexity index is 1150. The van der Waals surface area contributed by atoms with Gasteiger partial charge in [0.05, 0.1) is 18.4 Å². The van der Waals surface area contributed by atoms with E-state index < -0.39 is 5.91 Å². The monoisotopic (exact) mass is 371 g/mol. The van der Waals surface area contributed by atoms with Crippen molar-refractivity contribution in [1.29, 1.82) is 0 Å². The molecule has 0 aromatic heterocycles. The predicted octanol–water partition coefficient (Wildman–Crippen LogP) is 4.36. The van der Waals surface area contributed by atoms with Crippen molar-refractivity contribution in [2.45, 2.75) is 6.92 Å². The van der Waals surface area contributed by atoms with E-state index in [2.05, 4.69) is 5.32 Å². The summed E-state index contributed by atoms with van der Waals surface area (Å²) in [5.41, 5.74) is 3.68. The smallest absolute Gasteiger partial charge is 0.256 e. The topological polar surface area (TPSA) is 72.5 Å². The number of amides is 1. The summed E-state index contributed by atoms with van der Waals surface area (Å²) in [6.45, 7) is 1.45. The molecule has 4 rings (SSSR count). The number of carbonyl (C=O) groups is 3. The second kappa shape index (κ2) is 6.78. The molecule has 1 aliphatic rings. The normalized spacial score (nSPS) is 11.6. The second-order valence-electron chi connectivity index (χ2n) is 6.53. The first kappa shape index (κ1) is 17.7. The van der Waals surface area contributed by atoms with Gasteiger partial charge in [-0.15, -0.1) is 0 Å². The zero-order chi connectivity index (χ0) is 19.8. The van der Waals surface area contributed by atoms with Crippen LogP contribution in [0, 0.1) is 0 Å². The fourth-order valence-corrected chi connectivity index (χ4v) is 3.48. The van der Waals surface area contributed by atoms with Gasteiger partial charge in [-0.3, -0.25) is 14.4 Å². The summed E-state index contributed by atoms with van der Waals surface area (Å²) in [5.74, 6) is -0.289. The van der Waals surface area contributed by atoms with E-state index in [0.29, 0.717) is 28.1 Å². The van der Waals surface area contributed by atoms with E-state index in [1.165, 1.54) is 14.0 Å². The van der Waals surface area contributed by atoms with Gasteiger partial charge in [-0.05, 0) is 42.3 Å². The summed E-state index contributed by atoms with van der Waals surface area (Å²) in [6.07, 6.45) is 0. The molecule has 0 atom stereocenters. The van der Waals surface area contributed by atoms with Gasteiger partial charge in [-0.25, -0.2) is 0 Å². The highest BCUT2D eigenvalue weighted by molar-refractivity contribution is 6.26. The van der Waals surface area contributed by atoms with Gasteiger partial charge >= 0.3 is 0 Å². The van der Waals surface area contributed by atoms with Crippen LogP contribution in [-0.2, 0) is 0 Å². The molecule has 0 radical (unpaired) electrons. The standard InChI is InChI=1S/C23H17NO4/c1-13(25)14-10-11-20(28-2)19(12-14)24-23(27)18-9-5-8-16-15-6-3-4-7-17(15)22(26)21(16)18/h3-12H,1-2H3,(H,24,27). The lowest BCUT2D eigenvalue weighted by Gasteiger charge is -2.13. The lowest BCUT2D eigenvalue weighted by molar-refractivity contribution is 0.0997. The summed E-state index contributed by atoms with van der Waals surface area (Å²) >= 11 is 0. The molecule has 5 nitrogen and oxygen atoms in total. The minimum atomic E-state index is -0.433. The van der Waals surface area contributed by atoms with E-state index in [0.717, 1.165) is 11.1 Å². The number of ketones is 2. The summed E-state index contributed by atoms with van der Waals surface area (Å²) in [7, 11) is 1.48. The molecular formula is C23H17NO4. The molecule has 5 heteroatoms. The molecule has 0 aliphatic heterocycles. The number of Topliss-reactive ketones (excluding diaryl/α,β-unsaturated/α-hetero) is 1. The fraction of sp³-hybridized carbons (Fsp3) is 0.0870. The highest BCUT2D eigenvalue weighted by Crippen LogP contribution is 2.38. The van der Waals surface area contributed by atoms with Crippen molar-refractivity contribution >= 4 is 23.2 Å². The molecule has 28 heavy (non-hydrogen) atoms. The number of ether oxygens (including phenoxy) is 1. The van der Waals surface area contributed by atoms with Crippen molar-refractivity contribution < 1.29 is 19.1 Å². The molecule has 0 spiro atoms. The van der Waals surface area contributed by atoms with Gasteiger partial charge in [0.15, 0.2) is 11.6 Å². The first-order chi connectivity index (χ1) is 13.5. The SMILES string of the molecule is COc1ccc(C(C)=O)cc1NC(=O)c1cccc2c1C(=O)c1ccccc1-2. The highest BCUT2D eigenvalue weighted by atomic mass is 16.5. The molecule has 1 aliphatic carbocycles. The van der Waals surface area contributed by atoms with Crippen molar-refractivity contribution in [3.63, 3.8) is 0 Å². The summed E-state index contributed by atoms with van der Waals surface area (Å²) < 4.78 is 5.29. The molecule has 3 aromatic rings. The van der Waals surface area contributed by atoms with Crippen LogP contribution in [0.1, 0.15) is 43.6 Å². The van der Waals surface area contributed by atoms with Crippen LogP contribution in [0.3, 0.4) is 0 Å². The van der Waals surface area contributed by atoms with Crippen LogP contribution < -0.4 is 10.1 Å². The number of hydrogen-bond donors (Lipinski definition) is 1. The lowest BCUT2D eigenvalue weighted by atomic mass is 10.00. The van der Waals surface area contributed by atoms with Crippen LogP contribution in [0.25, 0.3) is 11.1 Å². The average Bonchev–Trinajstić information content (AvgIpc) is 3.00. The number of benzene rings is 3. The zero-order valence-electron chi connectivity index (χ0n) is 15.4. The van der Waals surface area contributed by atoms with Crippen molar-refractivity contribution in [3.8, 4) is 16.9 Å². The Morgan fingerprint density at radius 3 is 2.32 bits per heavy atom. The number of hydrogen-bond acceptors (Lipinski definition) is 4. The van der Waals surface area contributed by atoms with Crippen molar-refractivity contribution in [2.75, 3.05) is 12.4 Å². The molecule has 1 amide bonds. The largest absolute Gasteiger partial charge is 0.495 e. The number of rotatable bonds is 4. The van der Waals surface area contributed by atoms with Gasteiger partial charge < -0.3 is 10.1 Å². The van der Waals surface area contributed by atoms with Gasteiger partial charge in [0, 0.05) is 16.7 Å². The van der Waals surface area contributed by atoms with Crippen LogP contribution in [0.15, 0.2) is 60.7 Å². The minimum absolute atomic E-state index is 0.121. The van der Waals surface area contributed by atoms with Gasteiger partial charge in [-0.1, -0.05) is 36.4 Å². The first-order valence-electron chi connectivity index (χ1n) is 8.78. The van der Waals surface area contributed by atoms with Crippen LogP contribution >= 0.6 is 0 Å². The van der Waals surface area contributed by atoms with E-state index in [1.807, 2.05) is 18.2 Å². The Morgan fingerprint density at radius 1 is 0.893 bits per heavy atom. The number of carbonyl (C=O) groups excluding carboxylic acids is 3. The number of fused-ring (bicyclic) bond motifs is 3. The Kier molecular flexibility index (Phi) is 4.28. The predicted molar refractivity (Wildman–Crippen MR) is 106 cm³/mol. The Balaban J connectivity index is 1.75. The minimum Gasteiger partial charge on any atom is -0.495 e. The third-order valence-corrected chi connectivity index (χ3v) is 4.85. The van der Waals surface area contributed by atoms with Crippen LogP contribution in [0.2, 0.25) is 0 Å². The second-order valence-corrected chi connectivity index (χ2v) is 6.53. The molecule has 1 N–H and O–H groups in total. The molecular weight excluding hydrogens is 354 g/mol. The van der Waals surface area contributed by atoms with Gasteiger partial charge in [0.2, 0.25) is 0 Å². The highest BCUT2D eigenvalue weighted by Gasteiger charge is 2.30. The van der Waals surface area contributed by atoms with E-state index in [-0.39, 0.29) is 17.1 Å². The maximum absolute atomic E-state index is 13.0.